The number of Topliss-reactive ketones (excluding diaryl/α,β-unsaturated/α-hetero) is 1. The van der Waals surface area contributed by atoms with Crippen molar-refractivity contribution in [1.82, 2.24) is 4.90 Å². The zero-order valence-electron chi connectivity index (χ0n) is 13.6. The molecule has 3 unspecified atom stereocenters. The third-order valence-electron chi connectivity index (χ3n) is 4.60. The minimum absolute atomic E-state index is 0.105. The van der Waals surface area contributed by atoms with Crippen LogP contribution in [0.15, 0.2) is 18.2 Å². The number of carbonyl (C=O) groups is 3. The number of phenolic OH excluding ortho intramolecular Hbond substituents is 1. The summed E-state index contributed by atoms with van der Waals surface area (Å²) in [6.45, 7) is 2.88. The fourth-order valence-corrected chi connectivity index (χ4v) is 4.53. The number of hydrogen-bond acceptors (Lipinski definition) is 7. The van der Waals surface area contributed by atoms with E-state index in [1.165, 1.54) is 41.8 Å². The van der Waals surface area contributed by atoms with Gasteiger partial charge in [0, 0.05) is 6.07 Å². The number of aliphatic carboxylic acids is 1. The normalized spacial score (nSPS) is 31.1. The van der Waals surface area contributed by atoms with Crippen LogP contribution in [0.5, 0.6) is 11.5 Å². The topological polar surface area (TPSA) is 130 Å². The average molecular weight is 366 g/mol. The highest BCUT2D eigenvalue weighted by Crippen LogP contribution is 2.44. The summed E-state index contributed by atoms with van der Waals surface area (Å²) in [6, 6.07) is 3.37. The molecule has 0 bridgehead atoms. The minimum atomic E-state index is -1.68. The van der Waals surface area contributed by atoms with Crippen molar-refractivity contribution in [3.63, 3.8) is 0 Å². The molecule has 1 amide bonds. The van der Waals surface area contributed by atoms with Gasteiger partial charge in [-0.3, -0.25) is 9.59 Å². The van der Waals surface area contributed by atoms with Gasteiger partial charge in [0.2, 0.25) is 11.5 Å². The monoisotopic (exact) mass is 366 g/mol. The Morgan fingerprint density at radius 1 is 1.44 bits per heavy atom. The highest BCUT2D eigenvalue weighted by atomic mass is 32.2. The summed E-state index contributed by atoms with van der Waals surface area (Å²) in [5, 5.41) is 19.0. The molecule has 4 atom stereocenters. The van der Waals surface area contributed by atoms with Crippen molar-refractivity contribution in [3.8, 4) is 11.5 Å². The zero-order chi connectivity index (χ0) is 18.5. The Morgan fingerprint density at radius 3 is 2.68 bits per heavy atom. The number of carbonyl (C=O) groups excluding carboxylic acids is 2. The number of thioether (sulfide) groups is 1. The second kappa shape index (κ2) is 5.92. The number of β-lactam (4-membered cyclic amide) rings is 1. The second-order valence-corrected chi connectivity index (χ2v) is 7.65. The Labute approximate surface area is 147 Å². The van der Waals surface area contributed by atoms with Gasteiger partial charge in [-0.05, 0) is 26.0 Å². The van der Waals surface area contributed by atoms with E-state index in [0.717, 1.165) is 0 Å². The Bertz CT molecular complexity index is 769. The third-order valence-corrected chi connectivity index (χ3v) is 6.21. The summed E-state index contributed by atoms with van der Waals surface area (Å²) >= 11 is 1.27. The smallest absolute Gasteiger partial charge is 0.351 e. The molecule has 4 N–H and O–H groups in total. The van der Waals surface area contributed by atoms with Gasteiger partial charge >= 0.3 is 5.97 Å². The number of aromatic hydroxyl groups is 1. The van der Waals surface area contributed by atoms with Crippen LogP contribution in [-0.2, 0) is 9.59 Å². The van der Waals surface area contributed by atoms with E-state index in [9.17, 15) is 24.6 Å². The zero-order valence-corrected chi connectivity index (χ0v) is 14.4. The van der Waals surface area contributed by atoms with Gasteiger partial charge in [0.15, 0.2) is 5.78 Å². The molecule has 2 aliphatic rings. The third kappa shape index (κ3) is 2.63. The Balaban J connectivity index is 1.91. The molecule has 1 aromatic carbocycles. The highest BCUT2D eigenvalue weighted by Gasteiger charge is 2.60. The number of nitrogens with zero attached hydrogens (tertiary/aromatic N) is 1. The number of carboxylic acids is 1. The van der Waals surface area contributed by atoms with Crippen molar-refractivity contribution in [2.75, 3.05) is 6.54 Å². The summed E-state index contributed by atoms with van der Waals surface area (Å²) in [7, 11) is 0. The van der Waals surface area contributed by atoms with E-state index in [2.05, 4.69) is 0 Å². The van der Waals surface area contributed by atoms with Crippen LogP contribution in [0.25, 0.3) is 0 Å². The van der Waals surface area contributed by atoms with Crippen LogP contribution in [-0.4, -0.2) is 61.6 Å². The number of fused-ring (bicyclic) bond motifs is 1. The number of nitrogens with two attached hydrogens (primary N) is 1. The molecule has 1 aromatic rings. The lowest BCUT2D eigenvalue weighted by atomic mass is 9.94. The predicted molar refractivity (Wildman–Crippen MR) is 89.6 cm³/mol. The molecule has 9 heteroatoms. The lowest BCUT2D eigenvalue weighted by Gasteiger charge is -2.54. The van der Waals surface area contributed by atoms with E-state index in [1.807, 2.05) is 0 Å². The average Bonchev–Trinajstić information content (AvgIpc) is 2.55. The van der Waals surface area contributed by atoms with Gasteiger partial charge in [0.05, 0.1) is 17.4 Å². The highest BCUT2D eigenvalue weighted by molar-refractivity contribution is 8.00. The number of ether oxygens (including phenoxy) is 1. The van der Waals surface area contributed by atoms with Crippen molar-refractivity contribution < 1.29 is 29.3 Å². The summed E-state index contributed by atoms with van der Waals surface area (Å²) in [5.74, 6) is -2.03. The quantitative estimate of drug-likeness (QED) is 0.516. The Hall–Kier alpha value is -2.26. The minimum Gasteiger partial charge on any atom is -0.507 e. The number of amides is 1. The van der Waals surface area contributed by atoms with Gasteiger partial charge in [-0.15, -0.1) is 11.8 Å². The molecular formula is C16H18N2O6S. The number of hydrogen-bond donors (Lipinski definition) is 3. The lowest BCUT2D eigenvalue weighted by Crippen LogP contribution is -2.76. The van der Waals surface area contributed by atoms with Crippen molar-refractivity contribution >= 4 is 29.4 Å². The van der Waals surface area contributed by atoms with Crippen LogP contribution >= 0.6 is 11.8 Å². The summed E-state index contributed by atoms with van der Waals surface area (Å²) in [5.41, 5.74) is 4.19. The molecule has 0 saturated carbocycles. The fraction of sp³-hybridized carbons (Fsp3) is 0.438. The maximum atomic E-state index is 12.0. The molecule has 25 heavy (non-hydrogen) atoms. The molecule has 2 fully saturated rings. The molecule has 0 aromatic heterocycles. The van der Waals surface area contributed by atoms with E-state index in [0.29, 0.717) is 0 Å². The number of carboxylic acid groups (broad SMARTS) is 1. The van der Waals surface area contributed by atoms with Crippen LogP contribution in [0.3, 0.4) is 0 Å². The van der Waals surface area contributed by atoms with Crippen molar-refractivity contribution in [1.29, 1.82) is 0 Å². The van der Waals surface area contributed by atoms with Gasteiger partial charge in [-0.2, -0.15) is 0 Å². The predicted octanol–water partition coefficient (Wildman–Crippen LogP) is 0.428. The summed E-state index contributed by atoms with van der Waals surface area (Å²) in [4.78, 5) is 36.7. The number of benzene rings is 1. The van der Waals surface area contributed by atoms with Crippen LogP contribution in [0.1, 0.15) is 24.2 Å². The van der Waals surface area contributed by atoms with Gasteiger partial charge in [-0.25, -0.2) is 4.79 Å². The van der Waals surface area contributed by atoms with Crippen molar-refractivity contribution in [3.05, 3.63) is 23.8 Å². The van der Waals surface area contributed by atoms with Gasteiger partial charge in [-0.1, -0.05) is 0 Å². The molecule has 134 valence electrons. The number of phenols is 1. The molecule has 3 rings (SSSR count). The Morgan fingerprint density at radius 2 is 2.12 bits per heavy atom. The van der Waals surface area contributed by atoms with Crippen LogP contribution in [0.4, 0.5) is 0 Å². The molecule has 0 aliphatic carbocycles. The molecule has 2 saturated heterocycles. The largest absolute Gasteiger partial charge is 0.507 e. The maximum Gasteiger partial charge on any atom is 0.351 e. The number of ketones is 1. The summed E-state index contributed by atoms with van der Waals surface area (Å²) < 4.78 is 5.74. The van der Waals surface area contributed by atoms with Crippen LogP contribution in [0.2, 0.25) is 0 Å². The standard InChI is InChI=1S/C16H18N2O6S/c1-7(19)10-4-3-9(5-11(10)20)24-16(15(22)23)6-18-13(21)12(17)14(18)25-8(16)2/h3-5,8,12,14,20H,6,17H2,1-2H3,(H,22,23)/t8?,12?,14-,16?/m1/s1. The van der Waals surface area contributed by atoms with Crippen LogP contribution in [0, 0.1) is 0 Å². The van der Waals surface area contributed by atoms with E-state index in [4.69, 9.17) is 10.5 Å². The SMILES string of the molecule is CC(=O)c1ccc(OC2(C(=O)O)CN3C(=O)C(N)[C@H]3SC2C)cc1O. The maximum absolute atomic E-state index is 12.0. The number of rotatable bonds is 4. The summed E-state index contributed by atoms with van der Waals surface area (Å²) in [6.07, 6.45) is 0. The Kier molecular flexibility index (Phi) is 4.16. The molecule has 2 aliphatic heterocycles. The van der Waals surface area contributed by atoms with E-state index >= 15 is 0 Å². The molecule has 0 radical (unpaired) electrons. The fourth-order valence-electron chi connectivity index (χ4n) is 3.06. The van der Waals surface area contributed by atoms with Crippen LogP contribution < -0.4 is 10.5 Å². The van der Waals surface area contributed by atoms with Gasteiger partial charge < -0.3 is 25.6 Å². The van der Waals surface area contributed by atoms with Gasteiger partial charge in [0.1, 0.15) is 22.9 Å². The van der Waals surface area contributed by atoms with E-state index in [1.54, 1.807) is 6.92 Å². The lowest BCUT2D eigenvalue weighted by molar-refractivity contribution is -0.165. The van der Waals surface area contributed by atoms with E-state index in [-0.39, 0.29) is 40.7 Å². The van der Waals surface area contributed by atoms with E-state index < -0.39 is 22.9 Å². The molecule has 8 nitrogen and oxygen atoms in total. The first-order valence-electron chi connectivity index (χ1n) is 7.65. The molecular weight excluding hydrogens is 348 g/mol. The molecule has 0 spiro atoms. The first kappa shape index (κ1) is 17.6. The van der Waals surface area contributed by atoms with Gasteiger partial charge in [0.25, 0.3) is 0 Å². The first-order chi connectivity index (χ1) is 11.7. The van der Waals surface area contributed by atoms with Crippen molar-refractivity contribution in [2.45, 2.75) is 36.1 Å². The van der Waals surface area contributed by atoms with Crippen molar-refractivity contribution in [2.24, 2.45) is 5.73 Å². The first-order valence-corrected chi connectivity index (χ1v) is 8.59. The second-order valence-electron chi connectivity index (χ2n) is 6.19. The molecule has 2 heterocycles.